The van der Waals surface area contributed by atoms with Gasteiger partial charge in [-0.1, -0.05) is 13.8 Å². The Balaban J connectivity index is 2.15. The molecule has 1 N–H and O–H groups in total. The summed E-state index contributed by atoms with van der Waals surface area (Å²) in [6.07, 6.45) is 1.93. The number of aromatic nitrogens is 2. The Hall–Kier alpha value is -1.75. The topological polar surface area (TPSA) is 51.0 Å². The average molecular weight is 263 g/mol. The van der Waals surface area contributed by atoms with E-state index in [1.807, 2.05) is 0 Å². The molecule has 0 radical (unpaired) electrons. The molecule has 0 spiro atoms. The molecule has 5 heteroatoms. The number of benzene rings is 1. The number of nitrogens with one attached hydrogen (secondary N) is 1. The Morgan fingerprint density at radius 2 is 1.95 bits per heavy atom. The molecule has 2 rings (SSSR count). The Bertz CT molecular complexity index is 510. The Morgan fingerprint density at radius 1 is 1.21 bits per heavy atom. The van der Waals surface area contributed by atoms with E-state index in [9.17, 15) is 4.39 Å². The van der Waals surface area contributed by atoms with Gasteiger partial charge >= 0.3 is 0 Å². The summed E-state index contributed by atoms with van der Waals surface area (Å²) in [6.45, 7) is 5.08. The van der Waals surface area contributed by atoms with E-state index in [1.54, 1.807) is 12.1 Å². The molecule has 0 fully saturated rings. The third-order valence-electron chi connectivity index (χ3n) is 2.88. The highest BCUT2D eigenvalue weighted by Crippen LogP contribution is 2.22. The van der Waals surface area contributed by atoms with E-state index >= 15 is 0 Å². The van der Waals surface area contributed by atoms with Crippen molar-refractivity contribution in [2.75, 3.05) is 6.54 Å². The van der Waals surface area contributed by atoms with E-state index in [1.165, 1.54) is 12.1 Å². The second-order valence-electron chi connectivity index (χ2n) is 4.37. The molecule has 102 valence electrons. The molecule has 4 nitrogen and oxygen atoms in total. The van der Waals surface area contributed by atoms with Gasteiger partial charge in [0.05, 0.1) is 6.04 Å². The molecule has 0 saturated heterocycles. The average Bonchev–Trinajstić information content (AvgIpc) is 2.90. The molecule has 1 heterocycles. The normalized spacial score (nSPS) is 12.6. The van der Waals surface area contributed by atoms with Gasteiger partial charge in [-0.15, -0.1) is 10.2 Å². The lowest BCUT2D eigenvalue weighted by Crippen LogP contribution is -2.21. The summed E-state index contributed by atoms with van der Waals surface area (Å²) in [7, 11) is 0. The highest BCUT2D eigenvalue weighted by atomic mass is 19.1. The molecule has 0 bridgehead atoms. The Kier molecular flexibility index (Phi) is 4.63. The van der Waals surface area contributed by atoms with Gasteiger partial charge in [0.1, 0.15) is 5.82 Å². The van der Waals surface area contributed by atoms with E-state index in [2.05, 4.69) is 29.4 Å². The number of nitrogens with zero attached hydrogens (tertiary/aromatic N) is 2. The minimum atomic E-state index is -0.278. The predicted molar refractivity (Wildman–Crippen MR) is 71.0 cm³/mol. The van der Waals surface area contributed by atoms with Crippen molar-refractivity contribution in [3.05, 3.63) is 36.0 Å². The minimum absolute atomic E-state index is 0.0710. The van der Waals surface area contributed by atoms with E-state index in [-0.39, 0.29) is 11.9 Å². The summed E-state index contributed by atoms with van der Waals surface area (Å²) in [4.78, 5) is 0. The summed E-state index contributed by atoms with van der Waals surface area (Å²) in [6, 6.07) is 6.10. The number of rotatable bonds is 6. The van der Waals surface area contributed by atoms with E-state index < -0.39 is 0 Å². The van der Waals surface area contributed by atoms with Crippen LogP contribution in [-0.4, -0.2) is 16.7 Å². The van der Waals surface area contributed by atoms with Crippen LogP contribution in [0.15, 0.2) is 28.7 Å². The van der Waals surface area contributed by atoms with Gasteiger partial charge in [0.2, 0.25) is 11.8 Å². The maximum absolute atomic E-state index is 12.9. The molecule has 1 aromatic carbocycles. The Morgan fingerprint density at radius 3 is 2.58 bits per heavy atom. The van der Waals surface area contributed by atoms with Crippen molar-refractivity contribution < 1.29 is 8.81 Å². The van der Waals surface area contributed by atoms with Crippen LogP contribution in [0.5, 0.6) is 0 Å². The molecule has 1 unspecified atom stereocenters. The molecule has 1 atom stereocenters. The number of hydrogen-bond acceptors (Lipinski definition) is 4. The highest BCUT2D eigenvalue weighted by molar-refractivity contribution is 5.51. The van der Waals surface area contributed by atoms with Crippen LogP contribution in [-0.2, 0) is 0 Å². The quantitative estimate of drug-likeness (QED) is 0.868. The summed E-state index contributed by atoms with van der Waals surface area (Å²) in [5.74, 6) is 0.724. The van der Waals surface area contributed by atoms with Crippen LogP contribution in [0, 0.1) is 5.82 Å². The first-order valence-corrected chi connectivity index (χ1v) is 6.57. The van der Waals surface area contributed by atoms with Crippen LogP contribution < -0.4 is 5.32 Å². The van der Waals surface area contributed by atoms with Gasteiger partial charge in [-0.3, -0.25) is 0 Å². The monoisotopic (exact) mass is 263 g/mol. The largest absolute Gasteiger partial charge is 0.419 e. The first-order chi connectivity index (χ1) is 9.24. The fourth-order valence-corrected chi connectivity index (χ4v) is 1.81. The Labute approximate surface area is 112 Å². The van der Waals surface area contributed by atoms with Crippen molar-refractivity contribution in [2.45, 2.75) is 32.7 Å². The van der Waals surface area contributed by atoms with Crippen LogP contribution in [0.4, 0.5) is 4.39 Å². The second-order valence-corrected chi connectivity index (χ2v) is 4.37. The van der Waals surface area contributed by atoms with E-state index in [0.717, 1.165) is 24.9 Å². The highest BCUT2D eigenvalue weighted by Gasteiger charge is 2.16. The standard InChI is InChI=1S/C14H18FN3O/c1-3-9-16-12(4-2)14-18-17-13(19-14)10-5-7-11(15)8-6-10/h5-8,12,16H,3-4,9H2,1-2H3. The molecule has 1 aromatic heterocycles. The molecular formula is C14H18FN3O. The van der Waals surface area contributed by atoms with Gasteiger partial charge in [-0.05, 0) is 43.7 Å². The molecule has 0 aliphatic rings. The number of hydrogen-bond donors (Lipinski definition) is 1. The summed E-state index contributed by atoms with van der Waals surface area (Å²) in [5, 5.41) is 11.4. The number of halogens is 1. The zero-order chi connectivity index (χ0) is 13.7. The lowest BCUT2D eigenvalue weighted by Gasteiger charge is -2.11. The fraction of sp³-hybridized carbons (Fsp3) is 0.429. The molecule has 2 aromatic rings. The van der Waals surface area contributed by atoms with Crippen molar-refractivity contribution >= 4 is 0 Å². The van der Waals surface area contributed by atoms with Crippen molar-refractivity contribution in [3.8, 4) is 11.5 Å². The second kappa shape index (κ2) is 6.43. The lowest BCUT2D eigenvalue weighted by molar-refractivity contribution is 0.396. The van der Waals surface area contributed by atoms with Crippen molar-refractivity contribution in [2.24, 2.45) is 0 Å². The third kappa shape index (κ3) is 3.38. The van der Waals surface area contributed by atoms with Crippen molar-refractivity contribution in [1.82, 2.24) is 15.5 Å². The van der Waals surface area contributed by atoms with Crippen molar-refractivity contribution in [1.29, 1.82) is 0 Å². The molecule has 0 saturated carbocycles. The summed E-state index contributed by atoms with van der Waals surface area (Å²) >= 11 is 0. The van der Waals surface area contributed by atoms with Gasteiger partial charge in [0, 0.05) is 5.56 Å². The summed E-state index contributed by atoms with van der Waals surface area (Å²) in [5.41, 5.74) is 0.727. The van der Waals surface area contributed by atoms with Gasteiger partial charge in [-0.25, -0.2) is 4.39 Å². The first kappa shape index (κ1) is 13.7. The maximum atomic E-state index is 12.9. The predicted octanol–water partition coefficient (Wildman–Crippen LogP) is 3.33. The third-order valence-corrected chi connectivity index (χ3v) is 2.88. The summed E-state index contributed by atoms with van der Waals surface area (Å²) < 4.78 is 18.5. The molecule has 0 amide bonds. The van der Waals surface area contributed by atoms with Gasteiger partial charge in [-0.2, -0.15) is 0 Å². The molecule has 0 aliphatic carbocycles. The first-order valence-electron chi connectivity index (χ1n) is 6.57. The zero-order valence-corrected chi connectivity index (χ0v) is 11.2. The zero-order valence-electron chi connectivity index (χ0n) is 11.2. The van der Waals surface area contributed by atoms with Crippen LogP contribution >= 0.6 is 0 Å². The van der Waals surface area contributed by atoms with E-state index in [4.69, 9.17) is 4.42 Å². The maximum Gasteiger partial charge on any atom is 0.247 e. The van der Waals surface area contributed by atoms with Crippen LogP contribution in [0.2, 0.25) is 0 Å². The van der Waals surface area contributed by atoms with Gasteiger partial charge in [0.15, 0.2) is 0 Å². The minimum Gasteiger partial charge on any atom is -0.419 e. The van der Waals surface area contributed by atoms with Crippen LogP contribution in [0.25, 0.3) is 11.5 Å². The van der Waals surface area contributed by atoms with Crippen LogP contribution in [0.3, 0.4) is 0 Å². The molecule has 0 aliphatic heterocycles. The lowest BCUT2D eigenvalue weighted by atomic mass is 10.2. The molecule has 19 heavy (non-hydrogen) atoms. The molecular weight excluding hydrogens is 245 g/mol. The van der Waals surface area contributed by atoms with Gasteiger partial charge < -0.3 is 9.73 Å². The fourth-order valence-electron chi connectivity index (χ4n) is 1.81. The van der Waals surface area contributed by atoms with Crippen LogP contribution in [0.1, 0.15) is 38.6 Å². The smallest absolute Gasteiger partial charge is 0.247 e. The van der Waals surface area contributed by atoms with E-state index in [0.29, 0.717) is 11.8 Å². The van der Waals surface area contributed by atoms with Crippen molar-refractivity contribution in [3.63, 3.8) is 0 Å². The SMILES string of the molecule is CCCNC(CC)c1nnc(-c2ccc(F)cc2)o1. The van der Waals surface area contributed by atoms with Gasteiger partial charge in [0.25, 0.3) is 0 Å².